The number of fused-ring (bicyclic) bond motifs is 3. The third-order valence-electron chi connectivity index (χ3n) is 8.18. The van der Waals surface area contributed by atoms with Crippen molar-refractivity contribution in [1.82, 2.24) is 0 Å². The number of rotatable bonds is 5. The molecule has 0 aromatic carbocycles. The second kappa shape index (κ2) is 7.24. The summed E-state index contributed by atoms with van der Waals surface area (Å²) in [6.07, 6.45) is 5.90. The summed E-state index contributed by atoms with van der Waals surface area (Å²) in [4.78, 5) is 12.2. The van der Waals surface area contributed by atoms with E-state index in [1.165, 1.54) is 6.42 Å². The number of hydrogen-bond donors (Lipinski definition) is 0. The van der Waals surface area contributed by atoms with Crippen molar-refractivity contribution < 1.29 is 14.3 Å². The van der Waals surface area contributed by atoms with Crippen LogP contribution < -0.4 is 0 Å². The fourth-order valence-electron chi connectivity index (χ4n) is 6.89. The number of nitrogens with zero attached hydrogens (tertiary/aromatic N) is 1. The van der Waals surface area contributed by atoms with Crippen molar-refractivity contribution in [2.45, 2.75) is 85.0 Å². The second-order valence-corrected chi connectivity index (χ2v) is 9.19. The first kappa shape index (κ1) is 19.8. The molecule has 3 fully saturated rings. The van der Waals surface area contributed by atoms with Crippen molar-refractivity contribution in [1.29, 1.82) is 5.26 Å². The smallest absolute Gasteiger partial charge is 0.160 e. The summed E-state index contributed by atoms with van der Waals surface area (Å²) >= 11 is 0. The lowest BCUT2D eigenvalue weighted by molar-refractivity contribution is -0.222. The number of ketones is 1. The van der Waals surface area contributed by atoms with Gasteiger partial charge in [0.15, 0.2) is 11.9 Å². The molecule has 3 rings (SSSR count). The molecule has 0 heterocycles. The van der Waals surface area contributed by atoms with Crippen LogP contribution in [0.25, 0.3) is 0 Å². The van der Waals surface area contributed by atoms with E-state index in [2.05, 4.69) is 19.9 Å². The van der Waals surface area contributed by atoms with Crippen molar-refractivity contribution in [3.63, 3.8) is 0 Å². The van der Waals surface area contributed by atoms with E-state index in [0.717, 1.165) is 32.1 Å². The van der Waals surface area contributed by atoms with Crippen molar-refractivity contribution in [2.24, 2.45) is 35.0 Å². The zero-order valence-corrected chi connectivity index (χ0v) is 17.1. The van der Waals surface area contributed by atoms with Gasteiger partial charge >= 0.3 is 0 Å². The van der Waals surface area contributed by atoms with E-state index in [9.17, 15) is 10.1 Å². The maximum atomic E-state index is 12.2. The van der Waals surface area contributed by atoms with Crippen molar-refractivity contribution >= 4 is 5.78 Å². The van der Waals surface area contributed by atoms with Gasteiger partial charge < -0.3 is 9.47 Å². The Morgan fingerprint density at radius 1 is 1.23 bits per heavy atom. The van der Waals surface area contributed by atoms with Gasteiger partial charge in [0.1, 0.15) is 5.78 Å². The normalized spacial score (nSPS) is 46.1. The summed E-state index contributed by atoms with van der Waals surface area (Å²) in [6.45, 7) is 10.8. The van der Waals surface area contributed by atoms with Gasteiger partial charge in [-0.1, -0.05) is 13.8 Å². The molecule has 0 amide bonds. The van der Waals surface area contributed by atoms with Crippen LogP contribution in [0.15, 0.2) is 0 Å². The molecule has 146 valence electrons. The fraction of sp³-hybridized carbons (Fsp3) is 0.909. The van der Waals surface area contributed by atoms with Crippen LogP contribution in [0.2, 0.25) is 0 Å². The lowest BCUT2D eigenvalue weighted by Crippen LogP contribution is -2.54. The summed E-state index contributed by atoms with van der Waals surface area (Å²) in [5.41, 5.74) is -0.569. The van der Waals surface area contributed by atoms with Gasteiger partial charge in [-0.3, -0.25) is 4.79 Å². The summed E-state index contributed by atoms with van der Waals surface area (Å²) < 4.78 is 11.8. The Balaban J connectivity index is 1.80. The zero-order valence-electron chi connectivity index (χ0n) is 17.1. The molecule has 3 aliphatic carbocycles. The van der Waals surface area contributed by atoms with Crippen LogP contribution >= 0.6 is 0 Å². The molecule has 26 heavy (non-hydrogen) atoms. The number of ether oxygens (including phenoxy) is 2. The molecule has 3 aliphatic rings. The minimum Gasteiger partial charge on any atom is -0.353 e. The predicted molar refractivity (Wildman–Crippen MR) is 100 cm³/mol. The highest BCUT2D eigenvalue weighted by Crippen LogP contribution is 2.63. The third-order valence-corrected chi connectivity index (χ3v) is 8.18. The van der Waals surface area contributed by atoms with Gasteiger partial charge in [0.2, 0.25) is 0 Å². The maximum absolute atomic E-state index is 12.2. The van der Waals surface area contributed by atoms with Crippen LogP contribution in [0.4, 0.5) is 0 Å². The van der Waals surface area contributed by atoms with E-state index in [-0.39, 0.29) is 23.5 Å². The monoisotopic (exact) mass is 361 g/mol. The average Bonchev–Trinajstić information content (AvgIpc) is 2.95. The van der Waals surface area contributed by atoms with E-state index >= 15 is 0 Å². The zero-order chi connectivity index (χ0) is 19.1. The van der Waals surface area contributed by atoms with Crippen molar-refractivity contribution in [3.8, 4) is 6.07 Å². The van der Waals surface area contributed by atoms with Crippen LogP contribution in [-0.2, 0) is 14.3 Å². The first-order chi connectivity index (χ1) is 12.3. The molecular weight excluding hydrogens is 326 g/mol. The molecule has 0 aromatic heterocycles. The van der Waals surface area contributed by atoms with E-state index in [4.69, 9.17) is 9.47 Å². The highest BCUT2D eigenvalue weighted by atomic mass is 16.7. The highest BCUT2D eigenvalue weighted by molar-refractivity contribution is 5.79. The van der Waals surface area contributed by atoms with Crippen LogP contribution in [0.5, 0.6) is 0 Å². The van der Waals surface area contributed by atoms with Crippen LogP contribution in [-0.4, -0.2) is 24.3 Å². The van der Waals surface area contributed by atoms with E-state index in [0.29, 0.717) is 30.1 Å². The molecule has 0 bridgehead atoms. The molecule has 0 spiro atoms. The quantitative estimate of drug-likeness (QED) is 0.665. The van der Waals surface area contributed by atoms with Crippen LogP contribution in [0.1, 0.15) is 73.1 Å². The predicted octanol–water partition coefficient (Wildman–Crippen LogP) is 4.73. The Morgan fingerprint density at radius 2 is 1.92 bits per heavy atom. The van der Waals surface area contributed by atoms with Gasteiger partial charge in [0.05, 0.1) is 6.07 Å². The van der Waals surface area contributed by atoms with Gasteiger partial charge in [0, 0.05) is 18.4 Å². The fourth-order valence-corrected chi connectivity index (χ4v) is 6.89. The topological polar surface area (TPSA) is 59.3 Å². The number of nitriles is 1. The Morgan fingerprint density at radius 3 is 2.54 bits per heavy atom. The molecule has 0 radical (unpaired) electrons. The number of Topliss-reactive ketones (excluding diaryl/α,β-unsaturated/α-hetero) is 1. The largest absolute Gasteiger partial charge is 0.353 e. The van der Waals surface area contributed by atoms with Gasteiger partial charge in [-0.2, -0.15) is 5.26 Å². The Hall–Kier alpha value is -0.920. The third kappa shape index (κ3) is 3.02. The molecule has 4 nitrogen and oxygen atoms in total. The van der Waals surface area contributed by atoms with Gasteiger partial charge in [0.25, 0.3) is 0 Å². The molecule has 8 atom stereocenters. The van der Waals surface area contributed by atoms with E-state index < -0.39 is 5.60 Å². The molecule has 3 saturated carbocycles. The molecule has 0 aromatic rings. The first-order valence-corrected chi connectivity index (χ1v) is 10.5. The van der Waals surface area contributed by atoms with Gasteiger partial charge in [-0.05, 0) is 82.5 Å². The lowest BCUT2D eigenvalue weighted by atomic mass is 9.50. The second-order valence-electron chi connectivity index (χ2n) is 9.19. The summed E-state index contributed by atoms with van der Waals surface area (Å²) in [5.74, 6) is 2.58. The van der Waals surface area contributed by atoms with Crippen LogP contribution in [0.3, 0.4) is 0 Å². The van der Waals surface area contributed by atoms with E-state index in [1.54, 1.807) is 6.92 Å². The van der Waals surface area contributed by atoms with Gasteiger partial charge in [-0.15, -0.1) is 0 Å². The summed E-state index contributed by atoms with van der Waals surface area (Å²) in [6, 6.07) is 2.53. The Kier molecular flexibility index (Phi) is 5.53. The van der Waals surface area contributed by atoms with Crippen LogP contribution in [0, 0.1) is 46.3 Å². The first-order valence-electron chi connectivity index (χ1n) is 10.5. The minimum atomic E-state index is -0.734. The molecule has 4 heteroatoms. The molecular formula is C22H35NO3. The number of carbonyl (C=O) groups is 1. The Labute approximate surface area is 158 Å². The molecule has 0 saturated heterocycles. The van der Waals surface area contributed by atoms with E-state index in [1.807, 2.05) is 13.8 Å². The molecule has 0 N–H and O–H groups in total. The molecule has 2 unspecified atom stereocenters. The van der Waals surface area contributed by atoms with Crippen molar-refractivity contribution in [3.05, 3.63) is 0 Å². The van der Waals surface area contributed by atoms with Gasteiger partial charge in [-0.25, -0.2) is 0 Å². The maximum Gasteiger partial charge on any atom is 0.160 e. The molecule has 0 aliphatic heterocycles. The SMILES string of the molecule is CCOC(C)OC1(C#N)CC[C@@H]2[C@H](CC[C@]3(C)[C@@H](C(C)=O)CC[C@@H]23)[C@H]1C. The summed E-state index contributed by atoms with van der Waals surface area (Å²) in [7, 11) is 0. The highest BCUT2D eigenvalue weighted by Gasteiger charge is 2.60. The number of carbonyl (C=O) groups excluding carboxylic acids is 1. The number of hydrogen-bond acceptors (Lipinski definition) is 4. The Bertz CT molecular complexity index is 584. The minimum absolute atomic E-state index is 0.166. The average molecular weight is 362 g/mol. The lowest BCUT2D eigenvalue weighted by Gasteiger charge is -2.55. The van der Waals surface area contributed by atoms with Crippen molar-refractivity contribution in [2.75, 3.05) is 6.61 Å². The standard InChI is InChI=1S/C22H35NO3/c1-6-25-16(4)26-22(13-23)12-10-18-17(14(22)2)9-11-21(5)19(15(3)24)7-8-20(18)21/h14,16-20H,6-12H2,1-5H3/t14-,16?,17-,18-,19-,20+,21-,22?/m1/s1. The summed E-state index contributed by atoms with van der Waals surface area (Å²) in [5, 5.41) is 10.00.